The summed E-state index contributed by atoms with van der Waals surface area (Å²) < 4.78 is 18.3. The Morgan fingerprint density at radius 1 is 1.57 bits per heavy atom. The van der Waals surface area contributed by atoms with E-state index >= 15 is 0 Å². The van der Waals surface area contributed by atoms with Crippen LogP contribution in [0.4, 0.5) is 4.39 Å². The zero-order valence-corrected chi connectivity index (χ0v) is 7.37. The van der Waals surface area contributed by atoms with Crippen LogP contribution in [0.1, 0.15) is 12.0 Å². The molecule has 1 aliphatic heterocycles. The lowest BCUT2D eigenvalue weighted by Gasteiger charge is -2.23. The fraction of sp³-hybridized carbons (Fsp3) is 0.300. The molecule has 0 spiro atoms. The van der Waals surface area contributed by atoms with Gasteiger partial charge in [0.15, 0.2) is 6.10 Å². The Morgan fingerprint density at radius 3 is 3.07 bits per heavy atom. The van der Waals surface area contributed by atoms with E-state index in [9.17, 15) is 9.18 Å². The summed E-state index contributed by atoms with van der Waals surface area (Å²) in [5.74, 6) is -0.977. The molecule has 2 rings (SSSR count). The molecule has 0 saturated carbocycles. The first-order chi connectivity index (χ1) is 6.68. The van der Waals surface area contributed by atoms with Gasteiger partial charge in [0.2, 0.25) is 0 Å². The van der Waals surface area contributed by atoms with Gasteiger partial charge in [-0.25, -0.2) is 9.18 Å². The average molecular weight is 196 g/mol. The summed E-state index contributed by atoms with van der Waals surface area (Å²) in [5, 5.41) is 8.71. The van der Waals surface area contributed by atoms with E-state index in [1.54, 1.807) is 6.07 Å². The van der Waals surface area contributed by atoms with Crippen molar-refractivity contribution in [1.29, 1.82) is 0 Å². The second kappa shape index (κ2) is 3.29. The second-order valence-corrected chi connectivity index (χ2v) is 3.20. The quantitative estimate of drug-likeness (QED) is 0.742. The van der Waals surface area contributed by atoms with Crippen molar-refractivity contribution in [3.63, 3.8) is 0 Å². The van der Waals surface area contributed by atoms with Crippen molar-refractivity contribution >= 4 is 5.97 Å². The number of carboxylic acid groups (broad SMARTS) is 1. The van der Waals surface area contributed by atoms with Crippen molar-refractivity contribution < 1.29 is 19.0 Å². The summed E-state index contributed by atoms with van der Waals surface area (Å²) >= 11 is 0. The van der Waals surface area contributed by atoms with Gasteiger partial charge < -0.3 is 9.84 Å². The van der Waals surface area contributed by atoms with Crippen LogP contribution in [-0.4, -0.2) is 17.2 Å². The number of benzene rings is 1. The number of carboxylic acids is 1. The van der Waals surface area contributed by atoms with Gasteiger partial charge in [0.25, 0.3) is 0 Å². The van der Waals surface area contributed by atoms with Crippen LogP contribution in [0.25, 0.3) is 0 Å². The molecule has 0 fully saturated rings. The maximum absolute atomic E-state index is 13.2. The van der Waals surface area contributed by atoms with Crippen LogP contribution in [0.5, 0.6) is 5.75 Å². The predicted molar refractivity (Wildman–Crippen MR) is 46.8 cm³/mol. The first kappa shape index (κ1) is 8.99. The van der Waals surface area contributed by atoms with Gasteiger partial charge in [0, 0.05) is 5.56 Å². The third-order valence-electron chi connectivity index (χ3n) is 2.28. The topological polar surface area (TPSA) is 46.5 Å². The molecule has 0 aliphatic carbocycles. The standard InChI is InChI=1S/C10H9FO3/c11-7-2-1-3-8-6(7)4-5-9(14-8)10(12)13/h1-3,9H,4-5H2,(H,12,13). The molecule has 1 aromatic carbocycles. The molecular weight excluding hydrogens is 187 g/mol. The summed E-state index contributed by atoms with van der Waals surface area (Å²) in [4.78, 5) is 10.6. The summed E-state index contributed by atoms with van der Waals surface area (Å²) in [6, 6.07) is 4.45. The third kappa shape index (κ3) is 1.43. The van der Waals surface area contributed by atoms with Crippen molar-refractivity contribution in [2.24, 2.45) is 0 Å². The molecule has 74 valence electrons. The van der Waals surface area contributed by atoms with Crippen LogP contribution >= 0.6 is 0 Å². The highest BCUT2D eigenvalue weighted by atomic mass is 19.1. The van der Waals surface area contributed by atoms with E-state index in [4.69, 9.17) is 9.84 Å². The van der Waals surface area contributed by atoms with Gasteiger partial charge in [-0.1, -0.05) is 6.07 Å². The van der Waals surface area contributed by atoms with Crippen LogP contribution in [-0.2, 0) is 11.2 Å². The molecule has 0 amide bonds. The Balaban J connectivity index is 2.31. The number of ether oxygens (including phenoxy) is 1. The molecule has 3 nitrogen and oxygen atoms in total. The van der Waals surface area contributed by atoms with Crippen LogP contribution in [0.3, 0.4) is 0 Å². The van der Waals surface area contributed by atoms with E-state index in [2.05, 4.69) is 0 Å². The number of rotatable bonds is 1. The molecular formula is C10H9FO3. The van der Waals surface area contributed by atoms with Gasteiger partial charge in [0.05, 0.1) is 0 Å². The van der Waals surface area contributed by atoms with E-state index in [1.165, 1.54) is 12.1 Å². The molecule has 1 atom stereocenters. The largest absolute Gasteiger partial charge is 0.479 e. The molecule has 0 radical (unpaired) electrons. The fourth-order valence-electron chi connectivity index (χ4n) is 1.55. The Bertz CT molecular complexity index is 376. The number of hydrogen-bond acceptors (Lipinski definition) is 2. The highest BCUT2D eigenvalue weighted by Gasteiger charge is 2.26. The lowest BCUT2D eigenvalue weighted by Crippen LogP contribution is -2.31. The maximum atomic E-state index is 13.2. The molecule has 14 heavy (non-hydrogen) atoms. The highest BCUT2D eigenvalue weighted by molar-refractivity contribution is 5.73. The second-order valence-electron chi connectivity index (χ2n) is 3.20. The van der Waals surface area contributed by atoms with Crippen molar-refractivity contribution in [3.05, 3.63) is 29.6 Å². The molecule has 1 heterocycles. The molecule has 1 N–H and O–H groups in total. The number of carbonyl (C=O) groups is 1. The van der Waals surface area contributed by atoms with Gasteiger partial charge in [-0.15, -0.1) is 0 Å². The van der Waals surface area contributed by atoms with Crippen molar-refractivity contribution in [2.45, 2.75) is 18.9 Å². The molecule has 1 aliphatic rings. The average Bonchev–Trinajstić information content (AvgIpc) is 2.17. The van der Waals surface area contributed by atoms with Crippen LogP contribution in [0.2, 0.25) is 0 Å². The van der Waals surface area contributed by atoms with Gasteiger partial charge in [-0.2, -0.15) is 0 Å². The monoisotopic (exact) mass is 196 g/mol. The zero-order chi connectivity index (χ0) is 10.1. The number of fused-ring (bicyclic) bond motifs is 1. The number of halogens is 1. The minimum atomic E-state index is -1.00. The summed E-state index contributed by atoms with van der Waals surface area (Å²) in [5.41, 5.74) is 0.477. The lowest BCUT2D eigenvalue weighted by atomic mass is 10.0. The highest BCUT2D eigenvalue weighted by Crippen LogP contribution is 2.29. The fourth-order valence-corrected chi connectivity index (χ4v) is 1.55. The van der Waals surface area contributed by atoms with E-state index < -0.39 is 12.1 Å². The molecule has 0 saturated heterocycles. The van der Waals surface area contributed by atoms with Gasteiger partial charge in [0.1, 0.15) is 11.6 Å². The van der Waals surface area contributed by atoms with Gasteiger partial charge in [-0.3, -0.25) is 0 Å². The van der Waals surface area contributed by atoms with Gasteiger partial charge in [-0.05, 0) is 25.0 Å². The van der Waals surface area contributed by atoms with Crippen LogP contribution < -0.4 is 4.74 Å². The minimum Gasteiger partial charge on any atom is -0.479 e. The zero-order valence-electron chi connectivity index (χ0n) is 7.37. The SMILES string of the molecule is O=C(O)C1CCc2c(F)cccc2O1. The van der Waals surface area contributed by atoms with E-state index in [0.29, 0.717) is 24.2 Å². The Labute approximate surface area is 80.1 Å². The van der Waals surface area contributed by atoms with Crippen molar-refractivity contribution in [1.82, 2.24) is 0 Å². The first-order valence-corrected chi connectivity index (χ1v) is 4.35. The summed E-state index contributed by atoms with van der Waals surface area (Å²) in [7, 11) is 0. The molecule has 1 unspecified atom stereocenters. The smallest absolute Gasteiger partial charge is 0.344 e. The predicted octanol–water partition coefficient (Wildman–Crippen LogP) is 1.60. The van der Waals surface area contributed by atoms with E-state index in [-0.39, 0.29) is 5.82 Å². The van der Waals surface area contributed by atoms with Crippen LogP contribution in [0, 0.1) is 5.82 Å². The third-order valence-corrected chi connectivity index (χ3v) is 2.28. The molecule has 4 heteroatoms. The number of hydrogen-bond donors (Lipinski definition) is 1. The van der Waals surface area contributed by atoms with Gasteiger partial charge >= 0.3 is 5.97 Å². The Hall–Kier alpha value is -1.58. The molecule has 0 bridgehead atoms. The normalized spacial score (nSPS) is 19.6. The maximum Gasteiger partial charge on any atom is 0.344 e. The van der Waals surface area contributed by atoms with E-state index in [0.717, 1.165) is 0 Å². The minimum absolute atomic E-state index is 0.323. The Morgan fingerprint density at radius 2 is 2.36 bits per heavy atom. The molecule has 0 aromatic heterocycles. The van der Waals surface area contributed by atoms with Crippen LogP contribution in [0.15, 0.2) is 18.2 Å². The van der Waals surface area contributed by atoms with Crippen molar-refractivity contribution in [3.8, 4) is 5.75 Å². The lowest BCUT2D eigenvalue weighted by molar-refractivity contribution is -0.145. The Kier molecular flexibility index (Phi) is 2.11. The molecule has 1 aromatic rings. The summed E-state index contributed by atoms with van der Waals surface area (Å²) in [6.45, 7) is 0. The van der Waals surface area contributed by atoms with E-state index in [1.807, 2.05) is 0 Å². The summed E-state index contributed by atoms with van der Waals surface area (Å²) in [6.07, 6.45) is -0.105. The number of aliphatic carboxylic acids is 1. The first-order valence-electron chi connectivity index (χ1n) is 4.35. The van der Waals surface area contributed by atoms with Crippen molar-refractivity contribution in [2.75, 3.05) is 0 Å².